The predicted octanol–water partition coefficient (Wildman–Crippen LogP) is 1.05. The Morgan fingerprint density at radius 3 is 2.33 bits per heavy atom. The summed E-state index contributed by atoms with van der Waals surface area (Å²) >= 11 is 0. The van der Waals surface area contributed by atoms with Crippen LogP contribution in [-0.2, 0) is 9.84 Å². The van der Waals surface area contributed by atoms with Crippen molar-refractivity contribution in [2.24, 2.45) is 5.16 Å². The van der Waals surface area contributed by atoms with Gasteiger partial charge in [0.25, 0.3) is 0 Å². The minimum Gasteiger partial charge on any atom is -0.411 e. The largest absolute Gasteiger partial charge is 0.411 e. The monoisotopic (exact) mass is 231 g/mol. The number of benzene rings is 1. The number of hydrogen-bond acceptors (Lipinski definition) is 4. The van der Waals surface area contributed by atoms with Crippen molar-refractivity contribution in [3.63, 3.8) is 0 Å². The second-order valence-electron chi connectivity index (χ2n) is 3.12. The standard InChI is InChI=1S/C9H10FNO3S/c1-15(13,14)6-9(11-12)7-2-4-8(10)5-3-7/h2-5,12H,6H2,1H3. The third kappa shape index (κ3) is 3.67. The lowest BCUT2D eigenvalue weighted by molar-refractivity contribution is 0.319. The molecule has 0 aliphatic carbocycles. The molecular weight excluding hydrogens is 221 g/mol. The second kappa shape index (κ2) is 4.39. The molecule has 0 saturated heterocycles. The summed E-state index contributed by atoms with van der Waals surface area (Å²) < 4.78 is 34.5. The van der Waals surface area contributed by atoms with Crippen molar-refractivity contribution in [1.29, 1.82) is 0 Å². The molecule has 1 rings (SSSR count). The van der Waals surface area contributed by atoms with Crippen molar-refractivity contribution in [2.45, 2.75) is 0 Å². The Kier molecular flexibility index (Phi) is 3.41. The molecule has 1 aromatic carbocycles. The molecule has 0 unspecified atom stereocenters. The minimum atomic E-state index is -3.28. The van der Waals surface area contributed by atoms with E-state index in [4.69, 9.17) is 5.21 Å². The Morgan fingerprint density at radius 1 is 1.40 bits per heavy atom. The van der Waals surface area contributed by atoms with E-state index in [1.165, 1.54) is 24.3 Å². The summed E-state index contributed by atoms with van der Waals surface area (Å²) in [5.74, 6) is -0.815. The molecule has 15 heavy (non-hydrogen) atoms. The molecule has 0 amide bonds. The highest BCUT2D eigenvalue weighted by atomic mass is 32.2. The van der Waals surface area contributed by atoms with Crippen LogP contribution in [0, 0.1) is 5.82 Å². The van der Waals surface area contributed by atoms with Crippen LogP contribution >= 0.6 is 0 Å². The molecule has 6 heteroatoms. The van der Waals surface area contributed by atoms with Gasteiger partial charge in [-0.15, -0.1) is 0 Å². The number of rotatable bonds is 3. The maximum absolute atomic E-state index is 12.6. The molecule has 1 N–H and O–H groups in total. The van der Waals surface area contributed by atoms with Crippen LogP contribution in [0.15, 0.2) is 29.4 Å². The van der Waals surface area contributed by atoms with Crippen LogP contribution in [0.25, 0.3) is 0 Å². The molecule has 0 aromatic heterocycles. The SMILES string of the molecule is CS(=O)(=O)CC(=NO)c1ccc(F)cc1. The Balaban J connectivity index is 3.00. The molecule has 0 fully saturated rings. The lowest BCUT2D eigenvalue weighted by Gasteiger charge is -2.02. The molecule has 0 aliphatic heterocycles. The van der Waals surface area contributed by atoms with E-state index in [1.807, 2.05) is 0 Å². The average molecular weight is 231 g/mol. The highest BCUT2D eigenvalue weighted by molar-refractivity contribution is 7.91. The molecule has 0 spiro atoms. The van der Waals surface area contributed by atoms with Gasteiger partial charge < -0.3 is 5.21 Å². The van der Waals surface area contributed by atoms with E-state index in [2.05, 4.69) is 5.16 Å². The first-order chi connectivity index (χ1) is 6.92. The topological polar surface area (TPSA) is 66.7 Å². The first-order valence-electron chi connectivity index (χ1n) is 4.07. The van der Waals surface area contributed by atoms with Gasteiger partial charge in [0, 0.05) is 11.8 Å². The maximum Gasteiger partial charge on any atom is 0.153 e. The van der Waals surface area contributed by atoms with Gasteiger partial charge in [0.1, 0.15) is 11.5 Å². The van der Waals surface area contributed by atoms with Crippen molar-refractivity contribution in [2.75, 3.05) is 12.0 Å². The summed E-state index contributed by atoms with van der Waals surface area (Å²) in [4.78, 5) is 0. The number of halogens is 1. The van der Waals surface area contributed by atoms with Gasteiger partial charge in [-0.2, -0.15) is 0 Å². The maximum atomic E-state index is 12.6. The van der Waals surface area contributed by atoms with Crippen LogP contribution in [0.5, 0.6) is 0 Å². The zero-order valence-corrected chi connectivity index (χ0v) is 8.83. The van der Waals surface area contributed by atoms with Gasteiger partial charge in [0.15, 0.2) is 9.84 Å². The Morgan fingerprint density at radius 2 is 1.93 bits per heavy atom. The van der Waals surface area contributed by atoms with Gasteiger partial charge in [-0.1, -0.05) is 17.3 Å². The smallest absolute Gasteiger partial charge is 0.153 e. The molecule has 4 nitrogen and oxygen atoms in total. The number of sulfone groups is 1. The zero-order chi connectivity index (χ0) is 11.5. The molecule has 1 aromatic rings. The molecule has 0 aliphatic rings. The second-order valence-corrected chi connectivity index (χ2v) is 5.26. The molecule has 0 saturated carbocycles. The van der Waals surface area contributed by atoms with E-state index in [0.29, 0.717) is 5.56 Å². The van der Waals surface area contributed by atoms with E-state index in [-0.39, 0.29) is 11.5 Å². The van der Waals surface area contributed by atoms with Crippen molar-refractivity contribution in [3.05, 3.63) is 35.6 Å². The van der Waals surface area contributed by atoms with Crippen molar-refractivity contribution in [1.82, 2.24) is 0 Å². The number of oxime groups is 1. The summed E-state index contributed by atoms with van der Waals surface area (Å²) in [6.07, 6.45) is 1.03. The fourth-order valence-corrected chi connectivity index (χ4v) is 1.78. The summed E-state index contributed by atoms with van der Waals surface area (Å²) in [5, 5.41) is 11.5. The van der Waals surface area contributed by atoms with Gasteiger partial charge in [-0.25, -0.2) is 12.8 Å². The molecule has 82 valence electrons. The van der Waals surface area contributed by atoms with Crippen LogP contribution < -0.4 is 0 Å². The summed E-state index contributed by atoms with van der Waals surface area (Å²) in [6, 6.07) is 5.05. The molecule has 0 atom stereocenters. The van der Waals surface area contributed by atoms with Crippen LogP contribution in [0.1, 0.15) is 5.56 Å². The lowest BCUT2D eigenvalue weighted by atomic mass is 10.1. The van der Waals surface area contributed by atoms with E-state index < -0.39 is 15.7 Å². The van der Waals surface area contributed by atoms with Crippen LogP contribution in [0.4, 0.5) is 4.39 Å². The third-order valence-electron chi connectivity index (χ3n) is 1.70. The van der Waals surface area contributed by atoms with Crippen molar-refractivity contribution in [3.8, 4) is 0 Å². The van der Waals surface area contributed by atoms with E-state index in [0.717, 1.165) is 6.26 Å². The lowest BCUT2D eigenvalue weighted by Crippen LogP contribution is -2.15. The van der Waals surface area contributed by atoms with Crippen molar-refractivity contribution < 1.29 is 18.0 Å². The van der Waals surface area contributed by atoms with E-state index >= 15 is 0 Å². The Bertz CT molecular complexity index is 465. The van der Waals surface area contributed by atoms with Crippen molar-refractivity contribution >= 4 is 15.5 Å². The van der Waals surface area contributed by atoms with Gasteiger partial charge in [0.2, 0.25) is 0 Å². The van der Waals surface area contributed by atoms with E-state index in [1.54, 1.807) is 0 Å². The Hall–Kier alpha value is -1.43. The molecule has 0 bridgehead atoms. The first-order valence-corrected chi connectivity index (χ1v) is 6.13. The zero-order valence-electron chi connectivity index (χ0n) is 8.01. The van der Waals surface area contributed by atoms with Crippen LogP contribution in [-0.4, -0.2) is 31.3 Å². The van der Waals surface area contributed by atoms with Gasteiger partial charge in [-0.3, -0.25) is 0 Å². The van der Waals surface area contributed by atoms with Crippen LogP contribution in [0.3, 0.4) is 0 Å². The first kappa shape index (κ1) is 11.6. The normalized spacial score (nSPS) is 12.8. The van der Waals surface area contributed by atoms with Gasteiger partial charge in [-0.05, 0) is 12.1 Å². The fourth-order valence-electron chi connectivity index (χ4n) is 1.06. The van der Waals surface area contributed by atoms with Gasteiger partial charge >= 0.3 is 0 Å². The fraction of sp³-hybridized carbons (Fsp3) is 0.222. The summed E-state index contributed by atoms with van der Waals surface area (Å²) in [7, 11) is -3.28. The summed E-state index contributed by atoms with van der Waals surface area (Å²) in [6.45, 7) is 0. The predicted molar refractivity (Wildman–Crippen MR) is 54.4 cm³/mol. The highest BCUT2D eigenvalue weighted by Gasteiger charge is 2.11. The molecular formula is C9H10FNO3S. The number of hydrogen-bond donors (Lipinski definition) is 1. The molecule has 0 radical (unpaired) electrons. The quantitative estimate of drug-likeness (QED) is 0.480. The third-order valence-corrected chi connectivity index (χ3v) is 2.49. The minimum absolute atomic E-state index is 0.00231. The molecule has 0 heterocycles. The van der Waals surface area contributed by atoms with Crippen LogP contribution in [0.2, 0.25) is 0 Å². The average Bonchev–Trinajstić information content (AvgIpc) is 2.14. The van der Waals surface area contributed by atoms with E-state index in [9.17, 15) is 12.8 Å². The Labute approximate surface area is 87.0 Å². The highest BCUT2D eigenvalue weighted by Crippen LogP contribution is 2.06. The summed E-state index contributed by atoms with van der Waals surface area (Å²) in [5.41, 5.74) is 0.377. The van der Waals surface area contributed by atoms with Gasteiger partial charge in [0.05, 0.1) is 5.75 Å². The number of nitrogens with zero attached hydrogens (tertiary/aromatic N) is 1.